The van der Waals surface area contributed by atoms with E-state index in [1.807, 2.05) is 12.2 Å². The van der Waals surface area contributed by atoms with Crippen LogP contribution in [0, 0.1) is 5.92 Å². The fourth-order valence-electron chi connectivity index (χ4n) is 3.75. The first-order valence-electron chi connectivity index (χ1n) is 8.18. The molecule has 3 aliphatic heterocycles. The van der Waals surface area contributed by atoms with Gasteiger partial charge in [0.15, 0.2) is 0 Å². The number of aliphatic hydroxyl groups is 1. The van der Waals surface area contributed by atoms with Gasteiger partial charge in [-0.1, -0.05) is 12.2 Å². The summed E-state index contributed by atoms with van der Waals surface area (Å²) in [5, 5.41) is 22.9. The Balaban J connectivity index is 1.70. The molecule has 0 bridgehead atoms. The van der Waals surface area contributed by atoms with Gasteiger partial charge in [0.25, 0.3) is 0 Å². The van der Waals surface area contributed by atoms with E-state index in [1.165, 1.54) is 4.90 Å². The number of thioether (sulfide) groups is 1. The van der Waals surface area contributed by atoms with E-state index in [2.05, 4.69) is 5.32 Å². The summed E-state index contributed by atoms with van der Waals surface area (Å²) < 4.78 is 0. The summed E-state index contributed by atoms with van der Waals surface area (Å²) in [7, 11) is 0. The molecule has 5 atom stereocenters. The predicted octanol–water partition coefficient (Wildman–Crippen LogP) is -0.127. The van der Waals surface area contributed by atoms with E-state index < -0.39 is 18.0 Å². The summed E-state index contributed by atoms with van der Waals surface area (Å²) in [6, 6.07) is 0.0404. The molecule has 0 radical (unpaired) electrons. The van der Waals surface area contributed by atoms with Gasteiger partial charge in [0.2, 0.25) is 5.91 Å². The first-order chi connectivity index (χ1) is 11.4. The fraction of sp³-hybridized carbons (Fsp3) is 0.625. The van der Waals surface area contributed by atoms with Crippen LogP contribution in [-0.2, 0) is 9.59 Å². The van der Waals surface area contributed by atoms with E-state index in [0.29, 0.717) is 13.0 Å². The van der Waals surface area contributed by atoms with Gasteiger partial charge in [-0.2, -0.15) is 0 Å². The number of hydrogen-bond donors (Lipinski definition) is 4. The van der Waals surface area contributed by atoms with E-state index in [9.17, 15) is 19.8 Å². The number of carboxylic acid groups (broad SMARTS) is 1. The zero-order valence-electron chi connectivity index (χ0n) is 13.5. The monoisotopic (exact) mass is 353 g/mol. The lowest BCUT2D eigenvalue weighted by Crippen LogP contribution is -2.61. The SMILES string of the molecule is C[C@@H](O)[C@H]1C(=O)N2C(C(=O)O)=C(S[C@@H]3CN[C@H](/C=C\CN)C3)C[C@H]12. The van der Waals surface area contributed by atoms with Gasteiger partial charge in [-0.05, 0) is 13.3 Å². The lowest BCUT2D eigenvalue weighted by atomic mass is 9.83. The van der Waals surface area contributed by atoms with Crippen LogP contribution in [0.2, 0.25) is 0 Å². The molecule has 5 N–H and O–H groups in total. The maximum atomic E-state index is 12.2. The van der Waals surface area contributed by atoms with Crippen LogP contribution in [0.3, 0.4) is 0 Å². The van der Waals surface area contributed by atoms with Crippen molar-refractivity contribution in [2.24, 2.45) is 11.7 Å². The third kappa shape index (κ3) is 2.99. The number of nitrogens with two attached hydrogens (primary N) is 1. The lowest BCUT2D eigenvalue weighted by Gasteiger charge is -2.44. The molecule has 1 amide bonds. The molecule has 132 valence electrons. The molecular formula is C16H23N3O4S. The minimum absolute atomic E-state index is 0.104. The summed E-state index contributed by atoms with van der Waals surface area (Å²) >= 11 is 1.55. The minimum atomic E-state index is -1.07. The van der Waals surface area contributed by atoms with Crippen molar-refractivity contribution in [2.45, 2.75) is 43.2 Å². The molecule has 0 aromatic carbocycles. The molecule has 7 nitrogen and oxygen atoms in total. The Morgan fingerprint density at radius 1 is 1.58 bits per heavy atom. The summed E-state index contributed by atoms with van der Waals surface area (Å²) in [6.45, 7) is 2.88. The number of amides is 1. The number of rotatable bonds is 6. The number of carbonyl (C=O) groups excluding carboxylic acids is 1. The van der Waals surface area contributed by atoms with Crippen molar-refractivity contribution in [2.75, 3.05) is 13.1 Å². The zero-order chi connectivity index (χ0) is 17.4. The normalized spacial score (nSPS) is 34.0. The molecule has 3 aliphatic rings. The average Bonchev–Trinajstić information content (AvgIpc) is 3.07. The summed E-state index contributed by atoms with van der Waals surface area (Å²) in [4.78, 5) is 25.9. The van der Waals surface area contributed by atoms with Crippen LogP contribution in [0.4, 0.5) is 0 Å². The number of hydrogen-bond acceptors (Lipinski definition) is 6. The second-order valence-electron chi connectivity index (χ2n) is 6.48. The van der Waals surface area contributed by atoms with E-state index in [1.54, 1.807) is 18.7 Å². The second kappa shape index (κ2) is 6.87. The van der Waals surface area contributed by atoms with Crippen molar-refractivity contribution < 1.29 is 19.8 Å². The van der Waals surface area contributed by atoms with Crippen LogP contribution in [0.5, 0.6) is 0 Å². The molecule has 24 heavy (non-hydrogen) atoms. The number of nitrogens with zero attached hydrogens (tertiary/aromatic N) is 1. The predicted molar refractivity (Wildman–Crippen MR) is 91.1 cm³/mol. The molecule has 3 heterocycles. The summed E-state index contributed by atoms with van der Waals surface area (Å²) in [5.41, 5.74) is 5.57. The topological polar surface area (TPSA) is 116 Å². The Morgan fingerprint density at radius 2 is 2.33 bits per heavy atom. The molecule has 2 saturated heterocycles. The lowest BCUT2D eigenvalue weighted by molar-refractivity contribution is -0.161. The van der Waals surface area contributed by atoms with Crippen molar-refractivity contribution in [3.63, 3.8) is 0 Å². The Kier molecular flexibility index (Phi) is 5.00. The number of nitrogens with one attached hydrogen (secondary N) is 1. The van der Waals surface area contributed by atoms with Crippen molar-refractivity contribution in [1.82, 2.24) is 10.2 Å². The number of carboxylic acids is 1. The molecule has 0 spiro atoms. The third-order valence-corrected chi connectivity index (χ3v) is 6.17. The molecular weight excluding hydrogens is 330 g/mol. The van der Waals surface area contributed by atoms with Crippen molar-refractivity contribution in [3.05, 3.63) is 22.8 Å². The van der Waals surface area contributed by atoms with Gasteiger partial charge in [0.05, 0.1) is 18.1 Å². The standard InChI is InChI=1S/C16H23N3O4S/c1-8(20)13-11-6-12(14(16(22)23)19(11)15(13)21)24-10-5-9(18-7-10)3-2-4-17/h2-3,8-11,13,18,20H,4-7,17H2,1H3,(H,22,23)/b3-2-/t8-,9-,10+,11-,13-/m1/s1. The number of carbonyl (C=O) groups is 2. The Hall–Kier alpha value is -1.35. The van der Waals surface area contributed by atoms with Gasteiger partial charge in [-0.3, -0.25) is 4.79 Å². The molecule has 8 heteroatoms. The van der Waals surface area contributed by atoms with Crippen molar-refractivity contribution >= 4 is 23.6 Å². The van der Waals surface area contributed by atoms with Crippen LogP contribution >= 0.6 is 11.8 Å². The number of β-lactam (4-membered cyclic amide) rings is 1. The smallest absolute Gasteiger partial charge is 0.353 e. The maximum absolute atomic E-state index is 12.2. The minimum Gasteiger partial charge on any atom is -0.477 e. The van der Waals surface area contributed by atoms with Crippen LogP contribution in [0.1, 0.15) is 19.8 Å². The fourth-order valence-corrected chi connectivity index (χ4v) is 5.20. The Bertz CT molecular complexity index is 604. The zero-order valence-corrected chi connectivity index (χ0v) is 14.3. The highest BCUT2D eigenvalue weighted by Crippen LogP contribution is 2.48. The van der Waals surface area contributed by atoms with Crippen LogP contribution in [0.25, 0.3) is 0 Å². The molecule has 3 rings (SSSR count). The van der Waals surface area contributed by atoms with Gasteiger partial charge < -0.3 is 26.2 Å². The maximum Gasteiger partial charge on any atom is 0.353 e. The highest BCUT2D eigenvalue weighted by molar-refractivity contribution is 8.03. The van der Waals surface area contributed by atoms with Gasteiger partial charge in [0.1, 0.15) is 5.70 Å². The molecule has 0 aromatic rings. The second-order valence-corrected chi connectivity index (χ2v) is 7.87. The van der Waals surface area contributed by atoms with E-state index in [4.69, 9.17) is 5.73 Å². The largest absolute Gasteiger partial charge is 0.477 e. The van der Waals surface area contributed by atoms with Gasteiger partial charge >= 0.3 is 5.97 Å². The van der Waals surface area contributed by atoms with Crippen LogP contribution in [-0.4, -0.2) is 63.5 Å². The molecule has 0 unspecified atom stereocenters. The first-order valence-corrected chi connectivity index (χ1v) is 9.06. The van der Waals surface area contributed by atoms with Gasteiger partial charge in [0, 0.05) is 35.7 Å². The van der Waals surface area contributed by atoms with E-state index in [0.717, 1.165) is 17.9 Å². The van der Waals surface area contributed by atoms with Gasteiger partial charge in [-0.25, -0.2) is 4.79 Å². The average molecular weight is 353 g/mol. The quantitative estimate of drug-likeness (QED) is 0.388. The van der Waals surface area contributed by atoms with E-state index >= 15 is 0 Å². The third-order valence-electron chi connectivity index (χ3n) is 4.83. The highest BCUT2D eigenvalue weighted by atomic mass is 32.2. The number of aliphatic hydroxyl groups excluding tert-OH is 1. The van der Waals surface area contributed by atoms with Crippen LogP contribution in [0.15, 0.2) is 22.8 Å². The van der Waals surface area contributed by atoms with Crippen LogP contribution < -0.4 is 11.1 Å². The number of fused-ring (bicyclic) bond motifs is 1. The van der Waals surface area contributed by atoms with E-state index in [-0.39, 0.29) is 28.9 Å². The summed E-state index contributed by atoms with van der Waals surface area (Å²) in [6.07, 6.45) is 4.63. The molecule has 0 aliphatic carbocycles. The molecule has 0 aromatic heterocycles. The first kappa shape index (κ1) is 17.5. The summed E-state index contributed by atoms with van der Waals surface area (Å²) in [5.74, 6) is -1.83. The van der Waals surface area contributed by atoms with Crippen molar-refractivity contribution in [3.8, 4) is 0 Å². The number of aliphatic carboxylic acids is 1. The van der Waals surface area contributed by atoms with Crippen molar-refractivity contribution in [1.29, 1.82) is 0 Å². The Labute approximate surface area is 145 Å². The highest BCUT2D eigenvalue weighted by Gasteiger charge is 2.57. The van der Waals surface area contributed by atoms with Gasteiger partial charge in [-0.15, -0.1) is 11.8 Å². The molecule has 2 fully saturated rings. The molecule has 0 saturated carbocycles. The Morgan fingerprint density at radius 3 is 2.96 bits per heavy atom.